The Balaban J connectivity index is 2.15. The van der Waals surface area contributed by atoms with Gasteiger partial charge in [-0.05, 0) is 0 Å². The number of phosphoric acid groups is 1. The summed E-state index contributed by atoms with van der Waals surface area (Å²) < 4.78 is 52.2. The lowest BCUT2D eigenvalue weighted by Crippen LogP contribution is -2.34. The first-order valence-electron chi connectivity index (χ1n) is 4.17. The van der Waals surface area contributed by atoms with Crippen molar-refractivity contribution < 1.29 is 27.2 Å². The molecule has 0 spiro atoms. The van der Waals surface area contributed by atoms with Crippen molar-refractivity contribution >= 4 is 24.8 Å². The van der Waals surface area contributed by atoms with Crippen LogP contribution in [0.2, 0.25) is 0 Å². The number of aromatic nitrogens is 4. The summed E-state index contributed by atoms with van der Waals surface area (Å²) in [6.45, 7) is 0. The zero-order valence-electron chi connectivity index (χ0n) is 7.57. The Kier molecular flexibility index (Phi) is 1.37. The van der Waals surface area contributed by atoms with E-state index in [-0.39, 0.29) is 17.0 Å². The van der Waals surface area contributed by atoms with Crippen LogP contribution < -0.4 is 9.85 Å². The van der Waals surface area contributed by atoms with Crippen molar-refractivity contribution in [2.75, 3.05) is 5.23 Å². The fourth-order valence-corrected chi connectivity index (χ4v) is 2.43. The molecule has 0 N–H and O–H groups in total. The van der Waals surface area contributed by atoms with Crippen molar-refractivity contribution in [3.8, 4) is 0 Å². The predicted octanol–water partition coefficient (Wildman–Crippen LogP) is 0.338. The van der Waals surface area contributed by atoms with E-state index in [0.29, 0.717) is 9.96 Å². The lowest BCUT2D eigenvalue weighted by molar-refractivity contribution is -0.0736. The van der Waals surface area contributed by atoms with E-state index in [9.17, 15) is 13.3 Å². The third-order valence-corrected chi connectivity index (χ3v) is 3.15. The molecule has 88 valence electrons. The minimum absolute atomic E-state index is 0.140. The average molecular weight is 263 g/mol. The normalized spacial score (nSPS) is 19.8. The number of hydrogen-bond acceptors (Lipinski definition) is 8. The number of imidazole rings is 1. The third kappa shape index (κ3) is 1.03. The van der Waals surface area contributed by atoms with Gasteiger partial charge >= 0.3 is 20.0 Å². The molecule has 0 radical (unpaired) electrons. The molecular weight excluding hydrogens is 263 g/mol. The first-order chi connectivity index (χ1) is 8.06. The molecule has 0 amide bonds. The molecule has 9 nitrogen and oxygen atoms in total. The standard InChI is InChI=1S/C5F2N5O4P/c6-4-8-2-1-3(10-4)12-15-17(13,16-12)14-11(1)5(7)9-2. The van der Waals surface area contributed by atoms with Crippen molar-refractivity contribution in [3.05, 3.63) is 12.2 Å². The molecule has 0 saturated carbocycles. The molecule has 1 saturated heterocycles. The number of anilines is 1. The maximum atomic E-state index is 13.4. The smallest absolute Gasteiger partial charge is 0.304 e. The van der Waals surface area contributed by atoms with Crippen molar-refractivity contribution in [3.63, 3.8) is 0 Å². The second-order valence-corrected chi connectivity index (χ2v) is 4.50. The second kappa shape index (κ2) is 2.53. The molecule has 5 heterocycles. The fraction of sp³-hybridized carbons (Fsp3) is 0. The Morgan fingerprint density at radius 3 is 2.65 bits per heavy atom. The van der Waals surface area contributed by atoms with Crippen LogP contribution >= 0.6 is 7.82 Å². The summed E-state index contributed by atoms with van der Waals surface area (Å²) in [5.41, 5.74) is -0.448. The molecule has 3 aliphatic rings. The van der Waals surface area contributed by atoms with Gasteiger partial charge in [0, 0.05) is 0 Å². The summed E-state index contributed by atoms with van der Waals surface area (Å²) in [5.74, 6) is -0.284. The van der Waals surface area contributed by atoms with Crippen LogP contribution in [-0.2, 0) is 13.8 Å². The van der Waals surface area contributed by atoms with E-state index >= 15 is 0 Å². The first kappa shape index (κ1) is 9.22. The summed E-state index contributed by atoms with van der Waals surface area (Å²) >= 11 is 0. The fourth-order valence-electron chi connectivity index (χ4n) is 1.49. The predicted molar refractivity (Wildman–Crippen MR) is 44.1 cm³/mol. The summed E-state index contributed by atoms with van der Waals surface area (Å²) in [6, 6.07) is 0. The van der Waals surface area contributed by atoms with E-state index in [1.165, 1.54) is 0 Å². The van der Waals surface area contributed by atoms with Gasteiger partial charge in [0.15, 0.2) is 11.2 Å². The SMILES string of the molecule is O=P12ON(O1)c1nc(F)nc3nc(F)n(c13)O2. The minimum atomic E-state index is -3.92. The largest absolute Gasteiger partial charge is 0.597 e. The van der Waals surface area contributed by atoms with Crippen molar-refractivity contribution in [2.45, 2.75) is 0 Å². The average Bonchev–Trinajstić information content (AvgIpc) is 2.38. The Morgan fingerprint density at radius 2 is 1.88 bits per heavy atom. The molecule has 0 aliphatic carbocycles. The topological polar surface area (TPSA) is 91.6 Å². The van der Waals surface area contributed by atoms with E-state index in [1.54, 1.807) is 0 Å². The van der Waals surface area contributed by atoms with E-state index in [4.69, 9.17) is 0 Å². The number of hydrogen-bond donors (Lipinski definition) is 0. The molecule has 5 rings (SSSR count). The van der Waals surface area contributed by atoms with Crippen molar-refractivity contribution in [1.82, 2.24) is 19.7 Å². The van der Waals surface area contributed by atoms with Gasteiger partial charge in [-0.15, -0.1) is 14.0 Å². The number of halogens is 2. The number of rotatable bonds is 0. The Morgan fingerprint density at radius 1 is 1.12 bits per heavy atom. The lowest BCUT2D eigenvalue weighted by Gasteiger charge is -2.30. The lowest BCUT2D eigenvalue weighted by atomic mass is 10.5. The zero-order chi connectivity index (χ0) is 11.8. The quantitative estimate of drug-likeness (QED) is 0.381. The van der Waals surface area contributed by atoms with Crippen LogP contribution in [-0.4, -0.2) is 19.7 Å². The van der Waals surface area contributed by atoms with E-state index in [0.717, 1.165) is 0 Å². The second-order valence-electron chi connectivity index (χ2n) is 3.11. The molecule has 2 aromatic heterocycles. The molecular formula is C5F2N5O4P. The molecule has 0 aromatic carbocycles. The maximum Gasteiger partial charge on any atom is 0.597 e. The van der Waals surface area contributed by atoms with Gasteiger partial charge in [0.2, 0.25) is 5.82 Å². The molecule has 3 aliphatic heterocycles. The van der Waals surface area contributed by atoms with E-state index < -0.39 is 20.0 Å². The molecule has 0 atom stereocenters. The maximum absolute atomic E-state index is 13.4. The molecule has 2 bridgehead atoms. The number of nitrogens with zero attached hydrogens (tertiary/aromatic N) is 5. The Labute approximate surface area is 90.0 Å². The monoisotopic (exact) mass is 263 g/mol. The highest BCUT2D eigenvalue weighted by atomic mass is 31.2. The van der Waals surface area contributed by atoms with Gasteiger partial charge in [-0.2, -0.15) is 23.7 Å². The van der Waals surface area contributed by atoms with Crippen LogP contribution in [0.3, 0.4) is 0 Å². The molecule has 1 fully saturated rings. The zero-order valence-corrected chi connectivity index (χ0v) is 8.47. The van der Waals surface area contributed by atoms with Crippen molar-refractivity contribution in [1.29, 1.82) is 0 Å². The highest BCUT2D eigenvalue weighted by molar-refractivity contribution is 7.49. The van der Waals surface area contributed by atoms with E-state index in [2.05, 4.69) is 28.8 Å². The van der Waals surface area contributed by atoms with E-state index in [1.807, 2.05) is 0 Å². The minimum Gasteiger partial charge on any atom is -0.304 e. The molecule has 17 heavy (non-hydrogen) atoms. The summed E-state index contributed by atoms with van der Waals surface area (Å²) in [7, 11) is -3.92. The van der Waals surface area contributed by atoms with Gasteiger partial charge in [-0.25, -0.2) is 4.57 Å². The van der Waals surface area contributed by atoms with Gasteiger partial charge in [0.25, 0.3) is 0 Å². The summed E-state index contributed by atoms with van der Waals surface area (Å²) in [6.07, 6.45) is -2.33. The van der Waals surface area contributed by atoms with Gasteiger partial charge in [0.05, 0.1) is 0 Å². The van der Waals surface area contributed by atoms with Crippen LogP contribution in [0.1, 0.15) is 0 Å². The molecule has 12 heteroatoms. The highest BCUT2D eigenvalue weighted by Crippen LogP contribution is 2.60. The van der Waals surface area contributed by atoms with Crippen LogP contribution in [0.25, 0.3) is 11.2 Å². The van der Waals surface area contributed by atoms with Crippen LogP contribution in [0.5, 0.6) is 0 Å². The van der Waals surface area contributed by atoms with Crippen LogP contribution in [0.15, 0.2) is 0 Å². The first-order valence-corrected chi connectivity index (χ1v) is 5.63. The summed E-state index contributed by atoms with van der Waals surface area (Å²) in [4.78, 5) is 9.88. The van der Waals surface area contributed by atoms with Gasteiger partial charge < -0.3 is 4.62 Å². The van der Waals surface area contributed by atoms with Crippen LogP contribution in [0.4, 0.5) is 14.6 Å². The molecule has 2 aromatic rings. The van der Waals surface area contributed by atoms with Crippen molar-refractivity contribution in [2.24, 2.45) is 0 Å². The van der Waals surface area contributed by atoms with Gasteiger partial charge in [-0.1, -0.05) is 5.23 Å². The Bertz CT molecular complexity index is 708. The third-order valence-electron chi connectivity index (χ3n) is 2.09. The molecule has 0 unspecified atom stereocenters. The summed E-state index contributed by atoms with van der Waals surface area (Å²) in [5, 5.41) is 0.554. The Hall–Kier alpha value is -1.84. The van der Waals surface area contributed by atoms with Crippen LogP contribution in [0, 0.1) is 12.2 Å². The van der Waals surface area contributed by atoms with Gasteiger partial charge in [-0.3, -0.25) is 0 Å². The van der Waals surface area contributed by atoms with Gasteiger partial charge in [0.1, 0.15) is 0 Å². The highest BCUT2D eigenvalue weighted by Gasteiger charge is 2.53.